The lowest BCUT2D eigenvalue weighted by molar-refractivity contribution is -0.167. The number of aryl methyl sites for hydroxylation is 1. The highest BCUT2D eigenvalue weighted by molar-refractivity contribution is 5.95. The number of aliphatic hydroxyl groups is 1. The number of hydrogen-bond donors (Lipinski definition) is 1. The summed E-state index contributed by atoms with van der Waals surface area (Å²) in [4.78, 5) is 23.7. The first-order chi connectivity index (χ1) is 9.54. The Hall–Kier alpha value is -1.89. The first kappa shape index (κ1) is 16.2. The van der Waals surface area contributed by atoms with Crippen LogP contribution in [0, 0.1) is 5.92 Å². The van der Waals surface area contributed by atoms with Crippen LogP contribution < -0.4 is 0 Å². The minimum atomic E-state index is -1.40. The summed E-state index contributed by atoms with van der Waals surface area (Å²) in [5, 5.41) is 14.2. The van der Waals surface area contributed by atoms with E-state index < -0.39 is 24.0 Å². The van der Waals surface area contributed by atoms with Crippen molar-refractivity contribution >= 4 is 11.9 Å². The van der Waals surface area contributed by atoms with Gasteiger partial charge >= 0.3 is 11.9 Å². The van der Waals surface area contributed by atoms with Crippen LogP contribution in [0.25, 0.3) is 0 Å². The molecule has 0 spiro atoms. The Bertz CT molecular complexity index is 439. The van der Waals surface area contributed by atoms with E-state index in [9.17, 15) is 14.7 Å². The highest BCUT2D eigenvalue weighted by Crippen LogP contribution is 2.24. The molecule has 0 radical (unpaired) electrons. The van der Waals surface area contributed by atoms with Crippen LogP contribution in [0.1, 0.15) is 32.4 Å². The maximum atomic E-state index is 11.8. The third kappa shape index (κ3) is 3.80. The molecule has 0 fully saturated rings. The Kier molecular flexibility index (Phi) is 6.17. The van der Waals surface area contributed by atoms with Crippen LogP contribution in [-0.4, -0.2) is 40.0 Å². The molecule has 0 aliphatic rings. The molecule has 1 atom stereocenters. The average molecular weight is 284 g/mol. The van der Waals surface area contributed by atoms with Gasteiger partial charge in [-0.05, 0) is 20.8 Å². The Morgan fingerprint density at radius 2 is 1.80 bits per heavy atom. The van der Waals surface area contributed by atoms with Crippen LogP contribution in [0.2, 0.25) is 0 Å². The maximum Gasteiger partial charge on any atom is 0.323 e. The summed E-state index contributed by atoms with van der Waals surface area (Å²) >= 11 is 0. The van der Waals surface area contributed by atoms with Gasteiger partial charge in [0.2, 0.25) is 0 Å². The van der Waals surface area contributed by atoms with Crippen molar-refractivity contribution in [3.8, 4) is 0 Å². The summed E-state index contributed by atoms with van der Waals surface area (Å²) in [6, 6.07) is 0. The highest BCUT2D eigenvalue weighted by Gasteiger charge is 2.38. The Balaban J connectivity index is 2.96. The first-order valence-corrected chi connectivity index (χ1v) is 6.58. The first-order valence-electron chi connectivity index (χ1n) is 6.58. The number of carbonyl (C=O) groups excluding carboxylic acids is 2. The van der Waals surface area contributed by atoms with E-state index in [0.29, 0.717) is 12.1 Å². The molecule has 0 saturated carbocycles. The molecule has 0 saturated heterocycles. The van der Waals surface area contributed by atoms with Gasteiger partial charge in [0, 0.05) is 18.3 Å². The largest absolute Gasteiger partial charge is 0.465 e. The second kappa shape index (κ2) is 7.64. The number of carbonyl (C=O) groups is 2. The molecule has 7 heteroatoms. The van der Waals surface area contributed by atoms with Crippen molar-refractivity contribution in [3.05, 3.63) is 18.0 Å². The zero-order valence-corrected chi connectivity index (χ0v) is 11.9. The predicted octanol–water partition coefficient (Wildman–Crippen LogP) is 0.679. The molecule has 1 heterocycles. The molecule has 1 aromatic heterocycles. The van der Waals surface area contributed by atoms with Crippen LogP contribution in [0.3, 0.4) is 0 Å². The molecular weight excluding hydrogens is 264 g/mol. The van der Waals surface area contributed by atoms with Crippen LogP contribution in [0.4, 0.5) is 0 Å². The fourth-order valence-corrected chi connectivity index (χ4v) is 1.72. The fraction of sp³-hybridized carbons (Fsp3) is 0.615. The van der Waals surface area contributed by atoms with Crippen LogP contribution in [-0.2, 0) is 25.6 Å². The third-order valence-electron chi connectivity index (χ3n) is 2.72. The van der Waals surface area contributed by atoms with Gasteiger partial charge in [-0.3, -0.25) is 14.3 Å². The van der Waals surface area contributed by atoms with Gasteiger partial charge in [0.1, 0.15) is 6.10 Å². The van der Waals surface area contributed by atoms with Gasteiger partial charge in [-0.1, -0.05) is 0 Å². The summed E-state index contributed by atoms with van der Waals surface area (Å²) in [7, 11) is 0. The minimum absolute atomic E-state index is 0.121. The van der Waals surface area contributed by atoms with Crippen LogP contribution in [0.5, 0.6) is 0 Å². The number of nitrogens with zero attached hydrogens (tertiary/aromatic N) is 2. The van der Waals surface area contributed by atoms with Gasteiger partial charge in [0.05, 0.1) is 19.4 Å². The molecule has 7 nitrogen and oxygen atoms in total. The van der Waals surface area contributed by atoms with E-state index in [1.807, 2.05) is 6.92 Å². The summed E-state index contributed by atoms with van der Waals surface area (Å²) in [6.07, 6.45) is 1.66. The Labute approximate surface area is 117 Å². The van der Waals surface area contributed by atoms with Crippen molar-refractivity contribution in [2.45, 2.75) is 33.4 Å². The van der Waals surface area contributed by atoms with Crippen molar-refractivity contribution in [3.63, 3.8) is 0 Å². The number of ether oxygens (including phenoxy) is 2. The summed E-state index contributed by atoms with van der Waals surface area (Å²) in [6.45, 7) is 6.00. The standard InChI is InChI=1S/C13H20N2O5/c1-4-15-8-9(7-14-15)11(16)10(12(17)19-5-2)13(18)20-6-3/h7-8,10-11,16H,4-6H2,1-3H3. The topological polar surface area (TPSA) is 90.7 Å². The number of aliphatic hydroxyl groups excluding tert-OH is 1. The summed E-state index contributed by atoms with van der Waals surface area (Å²) in [5.41, 5.74) is 0.373. The lowest BCUT2D eigenvalue weighted by Gasteiger charge is -2.18. The number of rotatable bonds is 7. The molecular formula is C13H20N2O5. The van der Waals surface area contributed by atoms with Gasteiger partial charge in [-0.15, -0.1) is 0 Å². The number of hydrogen-bond acceptors (Lipinski definition) is 6. The van der Waals surface area contributed by atoms with E-state index in [-0.39, 0.29) is 13.2 Å². The van der Waals surface area contributed by atoms with Gasteiger partial charge in [0.25, 0.3) is 0 Å². The monoisotopic (exact) mass is 284 g/mol. The Morgan fingerprint density at radius 1 is 1.25 bits per heavy atom. The summed E-state index contributed by atoms with van der Waals surface area (Å²) in [5.74, 6) is -3.00. The molecule has 1 aromatic rings. The average Bonchev–Trinajstić information content (AvgIpc) is 2.88. The molecule has 0 aromatic carbocycles. The van der Waals surface area contributed by atoms with Crippen molar-refractivity contribution in [2.24, 2.45) is 5.92 Å². The van der Waals surface area contributed by atoms with Gasteiger partial charge in [-0.2, -0.15) is 5.10 Å². The number of esters is 2. The second-order valence-electron chi connectivity index (χ2n) is 4.06. The lowest BCUT2D eigenvalue weighted by atomic mass is 9.98. The van der Waals surface area contributed by atoms with Gasteiger partial charge < -0.3 is 14.6 Å². The molecule has 1 unspecified atom stereocenters. The van der Waals surface area contributed by atoms with Crippen LogP contribution in [0.15, 0.2) is 12.4 Å². The van der Waals surface area contributed by atoms with E-state index in [1.165, 1.54) is 6.20 Å². The van der Waals surface area contributed by atoms with E-state index >= 15 is 0 Å². The molecule has 0 aliphatic heterocycles. The quantitative estimate of drug-likeness (QED) is 0.585. The van der Waals surface area contributed by atoms with Crippen molar-refractivity contribution < 1.29 is 24.2 Å². The minimum Gasteiger partial charge on any atom is -0.465 e. The molecule has 112 valence electrons. The molecule has 1 rings (SSSR count). The van der Waals surface area contributed by atoms with E-state index in [4.69, 9.17) is 9.47 Å². The van der Waals surface area contributed by atoms with Crippen molar-refractivity contribution in [1.82, 2.24) is 9.78 Å². The van der Waals surface area contributed by atoms with E-state index in [0.717, 1.165) is 0 Å². The zero-order valence-electron chi connectivity index (χ0n) is 11.9. The summed E-state index contributed by atoms with van der Waals surface area (Å²) < 4.78 is 11.2. The second-order valence-corrected chi connectivity index (χ2v) is 4.06. The van der Waals surface area contributed by atoms with E-state index in [1.54, 1.807) is 24.7 Å². The van der Waals surface area contributed by atoms with Gasteiger partial charge in [-0.25, -0.2) is 0 Å². The van der Waals surface area contributed by atoms with E-state index in [2.05, 4.69) is 5.10 Å². The predicted molar refractivity (Wildman–Crippen MR) is 69.6 cm³/mol. The smallest absolute Gasteiger partial charge is 0.323 e. The lowest BCUT2D eigenvalue weighted by Crippen LogP contribution is -2.33. The zero-order chi connectivity index (χ0) is 15.1. The van der Waals surface area contributed by atoms with Gasteiger partial charge in [0.15, 0.2) is 5.92 Å². The molecule has 0 amide bonds. The Morgan fingerprint density at radius 3 is 2.20 bits per heavy atom. The molecule has 1 N–H and O–H groups in total. The number of aromatic nitrogens is 2. The SMILES string of the molecule is CCOC(=O)C(C(=O)OCC)C(O)c1cnn(CC)c1. The van der Waals surface area contributed by atoms with Crippen molar-refractivity contribution in [2.75, 3.05) is 13.2 Å². The fourth-order valence-electron chi connectivity index (χ4n) is 1.72. The maximum absolute atomic E-state index is 11.8. The normalized spacial score (nSPS) is 12.2. The molecule has 0 aliphatic carbocycles. The molecule has 0 bridgehead atoms. The molecule has 20 heavy (non-hydrogen) atoms. The van der Waals surface area contributed by atoms with Crippen molar-refractivity contribution in [1.29, 1.82) is 0 Å². The third-order valence-corrected chi connectivity index (χ3v) is 2.72. The van der Waals surface area contributed by atoms with Crippen LogP contribution >= 0.6 is 0 Å². The highest BCUT2D eigenvalue weighted by atomic mass is 16.6.